The lowest BCUT2D eigenvalue weighted by Gasteiger charge is -2.05. The number of hydrogen-bond acceptors (Lipinski definition) is 2. The van der Waals surface area contributed by atoms with Crippen molar-refractivity contribution in [2.24, 2.45) is 5.73 Å². The largest absolute Gasteiger partial charge is 0.334 e. The molecule has 1 heterocycles. The first-order valence-corrected chi connectivity index (χ1v) is 3.46. The zero-order valence-electron chi connectivity index (χ0n) is 6.48. The predicted molar refractivity (Wildman–Crippen MR) is 39.9 cm³/mol. The Kier molecular flexibility index (Phi) is 2.72. The molecule has 0 aromatic carbocycles. The van der Waals surface area contributed by atoms with Crippen LogP contribution in [0.4, 0.5) is 13.2 Å². The van der Waals surface area contributed by atoms with Crippen molar-refractivity contribution >= 4 is 0 Å². The Bertz CT molecular complexity index is 361. The zero-order chi connectivity index (χ0) is 10.0. The first-order valence-electron chi connectivity index (χ1n) is 3.46. The Morgan fingerprint density at radius 3 is 2.62 bits per heavy atom. The lowest BCUT2D eigenvalue weighted by Crippen LogP contribution is -2.17. The van der Waals surface area contributed by atoms with Crippen LogP contribution in [0.2, 0.25) is 0 Å². The smallest absolute Gasteiger partial charge is 0.269 e. The summed E-state index contributed by atoms with van der Waals surface area (Å²) in [6.07, 6.45) is -2.94. The highest BCUT2D eigenvalue weighted by Gasteiger charge is 2.17. The standard InChI is InChI=1S/C7H7F3N2O/c8-5-1-4(13)6(7(9)10)3(2-11)12-5/h1,7H,2,11H2,(H,12,13). The van der Waals surface area contributed by atoms with Gasteiger partial charge >= 0.3 is 0 Å². The van der Waals surface area contributed by atoms with Gasteiger partial charge in [-0.05, 0) is 0 Å². The van der Waals surface area contributed by atoms with Crippen LogP contribution in [0.5, 0.6) is 0 Å². The van der Waals surface area contributed by atoms with Crippen molar-refractivity contribution in [3.63, 3.8) is 0 Å². The molecule has 1 rings (SSSR count). The van der Waals surface area contributed by atoms with E-state index in [9.17, 15) is 18.0 Å². The summed E-state index contributed by atoms with van der Waals surface area (Å²) in [6.45, 7) is -0.327. The third kappa shape index (κ3) is 1.89. The van der Waals surface area contributed by atoms with Gasteiger partial charge in [-0.2, -0.15) is 4.39 Å². The SMILES string of the molecule is NCc1[nH]c(F)cc(=O)c1C(F)F. The van der Waals surface area contributed by atoms with Gasteiger partial charge in [-0.3, -0.25) is 4.79 Å². The predicted octanol–water partition coefficient (Wildman–Crippen LogP) is 0.910. The maximum Gasteiger partial charge on any atom is 0.269 e. The maximum atomic E-state index is 12.5. The van der Waals surface area contributed by atoms with Crippen LogP contribution in [-0.2, 0) is 6.54 Å². The summed E-state index contributed by atoms with van der Waals surface area (Å²) in [5.41, 5.74) is 3.00. The Hall–Kier alpha value is -1.30. The molecule has 0 saturated heterocycles. The number of nitrogens with one attached hydrogen (secondary N) is 1. The monoisotopic (exact) mass is 192 g/mol. The number of alkyl halides is 2. The number of aromatic nitrogens is 1. The fourth-order valence-corrected chi connectivity index (χ4v) is 0.989. The second-order valence-corrected chi connectivity index (χ2v) is 2.38. The van der Waals surface area contributed by atoms with Crippen molar-refractivity contribution in [2.75, 3.05) is 0 Å². The molecule has 0 amide bonds. The number of hydrogen-bond donors (Lipinski definition) is 2. The van der Waals surface area contributed by atoms with E-state index in [0.29, 0.717) is 6.07 Å². The molecular weight excluding hydrogens is 185 g/mol. The van der Waals surface area contributed by atoms with Gasteiger partial charge in [0.05, 0.1) is 5.56 Å². The molecule has 0 atom stereocenters. The highest BCUT2D eigenvalue weighted by atomic mass is 19.3. The number of aromatic amines is 1. The number of rotatable bonds is 2. The van der Waals surface area contributed by atoms with Gasteiger partial charge in [0.25, 0.3) is 6.43 Å². The summed E-state index contributed by atoms with van der Waals surface area (Å²) < 4.78 is 36.9. The average Bonchev–Trinajstić information content (AvgIpc) is 2.01. The molecule has 0 fully saturated rings. The molecule has 0 aliphatic rings. The van der Waals surface area contributed by atoms with Gasteiger partial charge in [0.2, 0.25) is 0 Å². The summed E-state index contributed by atoms with van der Waals surface area (Å²) in [6, 6.07) is 0.473. The molecule has 0 spiro atoms. The Morgan fingerprint density at radius 2 is 2.15 bits per heavy atom. The van der Waals surface area contributed by atoms with Gasteiger partial charge in [-0.1, -0.05) is 0 Å². The summed E-state index contributed by atoms with van der Waals surface area (Å²) in [4.78, 5) is 12.8. The van der Waals surface area contributed by atoms with Crippen molar-refractivity contribution in [2.45, 2.75) is 13.0 Å². The second-order valence-electron chi connectivity index (χ2n) is 2.38. The van der Waals surface area contributed by atoms with Crippen LogP contribution in [0, 0.1) is 5.95 Å². The summed E-state index contributed by atoms with van der Waals surface area (Å²) >= 11 is 0. The highest BCUT2D eigenvalue weighted by molar-refractivity contribution is 5.21. The van der Waals surface area contributed by atoms with E-state index in [1.165, 1.54) is 0 Å². The van der Waals surface area contributed by atoms with Crippen molar-refractivity contribution in [1.29, 1.82) is 0 Å². The summed E-state index contributed by atoms with van der Waals surface area (Å²) in [5, 5.41) is 0. The van der Waals surface area contributed by atoms with Crippen molar-refractivity contribution < 1.29 is 13.2 Å². The zero-order valence-corrected chi connectivity index (χ0v) is 6.48. The van der Waals surface area contributed by atoms with Gasteiger partial charge < -0.3 is 10.7 Å². The molecule has 0 aliphatic heterocycles. The van der Waals surface area contributed by atoms with Gasteiger partial charge in [0, 0.05) is 18.3 Å². The normalized spacial score (nSPS) is 10.8. The van der Waals surface area contributed by atoms with Crippen LogP contribution < -0.4 is 11.2 Å². The van der Waals surface area contributed by atoms with E-state index in [4.69, 9.17) is 5.73 Å². The van der Waals surface area contributed by atoms with Gasteiger partial charge in [0.15, 0.2) is 11.4 Å². The van der Waals surface area contributed by atoms with E-state index in [0.717, 1.165) is 0 Å². The molecule has 13 heavy (non-hydrogen) atoms. The first-order chi connectivity index (χ1) is 6.06. The van der Waals surface area contributed by atoms with E-state index in [1.807, 2.05) is 4.98 Å². The van der Waals surface area contributed by atoms with Crippen LogP contribution in [0.15, 0.2) is 10.9 Å². The molecule has 1 aromatic heterocycles. The molecule has 72 valence electrons. The molecule has 1 aromatic rings. The van der Waals surface area contributed by atoms with Crippen LogP contribution in [0.25, 0.3) is 0 Å². The van der Waals surface area contributed by atoms with Crippen LogP contribution in [-0.4, -0.2) is 4.98 Å². The molecule has 0 unspecified atom stereocenters. The quantitative estimate of drug-likeness (QED) is 0.684. The fourth-order valence-electron chi connectivity index (χ4n) is 0.989. The number of pyridine rings is 1. The molecular formula is C7H7F3N2O. The molecule has 3 N–H and O–H groups in total. The van der Waals surface area contributed by atoms with Crippen molar-refractivity contribution in [3.05, 3.63) is 33.5 Å². The van der Waals surface area contributed by atoms with Gasteiger partial charge in [0.1, 0.15) is 0 Å². The van der Waals surface area contributed by atoms with Crippen molar-refractivity contribution in [1.82, 2.24) is 4.98 Å². The summed E-state index contributed by atoms with van der Waals surface area (Å²) in [5.74, 6) is -0.963. The third-order valence-electron chi connectivity index (χ3n) is 1.54. The van der Waals surface area contributed by atoms with E-state index < -0.39 is 23.4 Å². The highest BCUT2D eigenvalue weighted by Crippen LogP contribution is 2.17. The van der Waals surface area contributed by atoms with E-state index in [-0.39, 0.29) is 12.2 Å². The third-order valence-corrected chi connectivity index (χ3v) is 1.54. The van der Waals surface area contributed by atoms with Gasteiger partial charge in [-0.25, -0.2) is 8.78 Å². The molecule has 6 heteroatoms. The van der Waals surface area contributed by atoms with Crippen LogP contribution >= 0.6 is 0 Å². The van der Waals surface area contributed by atoms with Gasteiger partial charge in [-0.15, -0.1) is 0 Å². The number of nitrogens with two attached hydrogens (primary N) is 1. The maximum absolute atomic E-state index is 12.5. The number of H-pyrrole nitrogens is 1. The molecule has 3 nitrogen and oxygen atoms in total. The minimum absolute atomic E-state index is 0.264. The average molecular weight is 192 g/mol. The van der Waals surface area contributed by atoms with E-state index in [1.54, 1.807) is 0 Å². The Morgan fingerprint density at radius 1 is 1.54 bits per heavy atom. The second kappa shape index (κ2) is 3.61. The molecule has 0 radical (unpaired) electrons. The summed E-state index contributed by atoms with van der Waals surface area (Å²) in [7, 11) is 0. The van der Waals surface area contributed by atoms with Crippen LogP contribution in [0.3, 0.4) is 0 Å². The minimum atomic E-state index is -2.94. The fraction of sp³-hybridized carbons (Fsp3) is 0.286. The van der Waals surface area contributed by atoms with E-state index >= 15 is 0 Å². The molecule has 0 saturated carbocycles. The first kappa shape index (κ1) is 9.79. The molecule has 0 bridgehead atoms. The van der Waals surface area contributed by atoms with Crippen molar-refractivity contribution in [3.8, 4) is 0 Å². The Balaban J connectivity index is 3.39. The minimum Gasteiger partial charge on any atom is -0.334 e. The lowest BCUT2D eigenvalue weighted by atomic mass is 10.2. The van der Waals surface area contributed by atoms with Crippen LogP contribution in [0.1, 0.15) is 17.7 Å². The topological polar surface area (TPSA) is 58.9 Å². The molecule has 0 aliphatic carbocycles. The lowest BCUT2D eigenvalue weighted by molar-refractivity contribution is 0.148. The number of halogens is 3. The Labute approximate surface area is 71.4 Å². The van der Waals surface area contributed by atoms with E-state index in [2.05, 4.69) is 0 Å².